The highest BCUT2D eigenvalue weighted by atomic mass is 32.2. The Morgan fingerprint density at radius 3 is 2.53 bits per heavy atom. The summed E-state index contributed by atoms with van der Waals surface area (Å²) in [4.78, 5) is 28.1. The quantitative estimate of drug-likeness (QED) is 0.403. The largest absolute Gasteiger partial charge is 0.350 e. The molecular formula is C21H20FN5O2S. The summed E-state index contributed by atoms with van der Waals surface area (Å²) in [5.41, 5.74) is 1.15. The van der Waals surface area contributed by atoms with Crippen molar-refractivity contribution in [3.05, 3.63) is 77.9 Å². The van der Waals surface area contributed by atoms with Crippen LogP contribution in [0.1, 0.15) is 28.9 Å². The fourth-order valence-corrected chi connectivity index (χ4v) is 3.20. The Labute approximate surface area is 177 Å². The topological polar surface area (TPSA) is 96.9 Å². The summed E-state index contributed by atoms with van der Waals surface area (Å²) in [6.07, 6.45) is 2.81. The summed E-state index contributed by atoms with van der Waals surface area (Å²) >= 11 is 1.48. The Balaban J connectivity index is 1.35. The van der Waals surface area contributed by atoms with Gasteiger partial charge in [-0.3, -0.25) is 14.6 Å². The van der Waals surface area contributed by atoms with E-state index in [1.165, 1.54) is 36.0 Å². The van der Waals surface area contributed by atoms with Gasteiger partial charge in [-0.1, -0.05) is 6.07 Å². The molecule has 0 saturated carbocycles. The Morgan fingerprint density at radius 1 is 1.00 bits per heavy atom. The number of aromatic nitrogens is 3. The van der Waals surface area contributed by atoms with Gasteiger partial charge in [0.05, 0.1) is 12.2 Å². The van der Waals surface area contributed by atoms with Crippen molar-refractivity contribution in [1.82, 2.24) is 20.5 Å². The van der Waals surface area contributed by atoms with E-state index in [1.807, 2.05) is 18.2 Å². The molecule has 0 aliphatic heterocycles. The van der Waals surface area contributed by atoms with Gasteiger partial charge in [0.2, 0.25) is 5.91 Å². The zero-order chi connectivity index (χ0) is 21.2. The molecule has 2 amide bonds. The average molecular weight is 425 g/mol. The third-order valence-electron chi connectivity index (χ3n) is 3.98. The van der Waals surface area contributed by atoms with E-state index in [2.05, 4.69) is 25.8 Å². The Morgan fingerprint density at radius 2 is 1.83 bits per heavy atom. The van der Waals surface area contributed by atoms with Gasteiger partial charge in [0, 0.05) is 23.9 Å². The molecule has 0 saturated heterocycles. The van der Waals surface area contributed by atoms with Crippen LogP contribution in [0.25, 0.3) is 0 Å². The van der Waals surface area contributed by atoms with Crippen LogP contribution in [-0.2, 0) is 11.3 Å². The Kier molecular flexibility index (Phi) is 7.85. The maximum atomic E-state index is 12.9. The number of thioether (sulfide) groups is 1. The highest BCUT2D eigenvalue weighted by Gasteiger charge is 2.08. The van der Waals surface area contributed by atoms with Gasteiger partial charge >= 0.3 is 0 Å². The molecule has 2 heterocycles. The molecule has 1 aromatic carbocycles. The molecule has 3 rings (SSSR count). The third-order valence-corrected chi connectivity index (χ3v) is 4.99. The van der Waals surface area contributed by atoms with Crippen molar-refractivity contribution in [3.8, 4) is 0 Å². The van der Waals surface area contributed by atoms with Crippen LogP contribution < -0.4 is 10.6 Å². The zero-order valence-corrected chi connectivity index (χ0v) is 16.9. The van der Waals surface area contributed by atoms with Crippen molar-refractivity contribution in [2.45, 2.75) is 24.4 Å². The molecule has 9 heteroatoms. The second-order valence-corrected chi connectivity index (χ2v) is 7.38. The van der Waals surface area contributed by atoms with E-state index >= 15 is 0 Å². The highest BCUT2D eigenvalue weighted by molar-refractivity contribution is 7.99. The summed E-state index contributed by atoms with van der Waals surface area (Å²) in [7, 11) is 0. The molecule has 30 heavy (non-hydrogen) atoms. The van der Waals surface area contributed by atoms with Gasteiger partial charge in [-0.25, -0.2) is 4.39 Å². The Hall–Kier alpha value is -3.33. The van der Waals surface area contributed by atoms with E-state index in [0.717, 1.165) is 5.69 Å². The number of pyridine rings is 1. The standard InChI is InChI=1S/C21H20FN5O2S/c22-16-8-6-15(7-9-16)21(29)25-18-10-11-20(27-26-18)30-13-3-5-19(28)24-14-17-4-1-2-12-23-17/h1-2,4,6-12H,3,5,13-14H2,(H,24,28)(H,25,26,29). The highest BCUT2D eigenvalue weighted by Crippen LogP contribution is 2.17. The second kappa shape index (κ2) is 11.0. The summed E-state index contributed by atoms with van der Waals surface area (Å²) in [5, 5.41) is 14.2. The summed E-state index contributed by atoms with van der Waals surface area (Å²) in [6.45, 7) is 0.420. The van der Waals surface area contributed by atoms with Crippen LogP contribution in [0.4, 0.5) is 10.2 Å². The number of carbonyl (C=O) groups excluding carboxylic acids is 2. The number of carbonyl (C=O) groups is 2. The number of halogens is 1. The van der Waals surface area contributed by atoms with Gasteiger partial charge in [0.25, 0.3) is 5.91 Å². The van der Waals surface area contributed by atoms with Crippen LogP contribution in [0, 0.1) is 5.82 Å². The molecule has 2 N–H and O–H groups in total. The molecule has 0 radical (unpaired) electrons. The van der Waals surface area contributed by atoms with Crippen LogP contribution in [0.2, 0.25) is 0 Å². The number of benzene rings is 1. The minimum absolute atomic E-state index is 0.0220. The normalized spacial score (nSPS) is 10.4. The third kappa shape index (κ3) is 6.93. The summed E-state index contributed by atoms with van der Waals surface area (Å²) in [6, 6.07) is 14.2. The molecule has 0 atom stereocenters. The van der Waals surface area contributed by atoms with Crippen LogP contribution in [-0.4, -0.2) is 32.7 Å². The molecule has 0 bridgehead atoms. The van der Waals surface area contributed by atoms with Crippen LogP contribution in [0.3, 0.4) is 0 Å². The number of nitrogens with one attached hydrogen (secondary N) is 2. The Bertz CT molecular complexity index is 969. The maximum Gasteiger partial charge on any atom is 0.256 e. The lowest BCUT2D eigenvalue weighted by Gasteiger charge is -2.06. The van der Waals surface area contributed by atoms with Gasteiger partial charge in [0.1, 0.15) is 10.8 Å². The number of nitrogens with zero attached hydrogens (tertiary/aromatic N) is 3. The van der Waals surface area contributed by atoms with Gasteiger partial charge < -0.3 is 10.6 Å². The van der Waals surface area contributed by atoms with Crippen molar-refractivity contribution >= 4 is 29.4 Å². The fraction of sp³-hybridized carbons (Fsp3) is 0.190. The molecule has 0 aliphatic rings. The van der Waals surface area contributed by atoms with Gasteiger partial charge in [-0.15, -0.1) is 22.0 Å². The molecule has 2 aromatic heterocycles. The first-order chi connectivity index (χ1) is 14.6. The first-order valence-electron chi connectivity index (χ1n) is 9.30. The van der Waals surface area contributed by atoms with Crippen LogP contribution in [0.5, 0.6) is 0 Å². The SMILES string of the molecule is O=C(CCCSc1ccc(NC(=O)c2ccc(F)cc2)nn1)NCc1ccccn1. The lowest BCUT2D eigenvalue weighted by Crippen LogP contribution is -2.22. The van der Waals surface area contributed by atoms with E-state index in [9.17, 15) is 14.0 Å². The second-order valence-electron chi connectivity index (χ2n) is 6.27. The van der Waals surface area contributed by atoms with Crippen molar-refractivity contribution in [2.24, 2.45) is 0 Å². The maximum absolute atomic E-state index is 12.9. The van der Waals surface area contributed by atoms with E-state index in [1.54, 1.807) is 18.3 Å². The van der Waals surface area contributed by atoms with E-state index < -0.39 is 5.82 Å². The predicted molar refractivity (Wildman–Crippen MR) is 112 cm³/mol. The smallest absolute Gasteiger partial charge is 0.256 e. The van der Waals surface area contributed by atoms with E-state index in [4.69, 9.17) is 0 Å². The number of anilines is 1. The molecule has 0 spiro atoms. The van der Waals surface area contributed by atoms with Crippen molar-refractivity contribution in [3.63, 3.8) is 0 Å². The predicted octanol–water partition coefficient (Wildman–Crippen LogP) is 3.45. The molecule has 3 aromatic rings. The fourth-order valence-electron chi connectivity index (χ4n) is 2.44. The summed E-state index contributed by atoms with van der Waals surface area (Å²) in [5.74, 6) is 0.209. The molecule has 7 nitrogen and oxygen atoms in total. The molecule has 0 fully saturated rings. The molecular weight excluding hydrogens is 405 g/mol. The van der Waals surface area contributed by atoms with Crippen LogP contribution >= 0.6 is 11.8 Å². The lowest BCUT2D eigenvalue weighted by molar-refractivity contribution is -0.121. The van der Waals surface area contributed by atoms with Crippen LogP contribution in [0.15, 0.2) is 65.8 Å². The number of rotatable bonds is 9. The van der Waals surface area contributed by atoms with Crippen molar-refractivity contribution in [1.29, 1.82) is 0 Å². The molecule has 0 aliphatic carbocycles. The minimum Gasteiger partial charge on any atom is -0.350 e. The van der Waals surface area contributed by atoms with Gasteiger partial charge in [0.15, 0.2) is 5.82 Å². The average Bonchev–Trinajstić information content (AvgIpc) is 2.77. The first kappa shape index (κ1) is 21.4. The van der Waals surface area contributed by atoms with Gasteiger partial charge in [-0.05, 0) is 55.0 Å². The lowest BCUT2D eigenvalue weighted by atomic mass is 10.2. The number of amides is 2. The molecule has 154 valence electrons. The first-order valence-corrected chi connectivity index (χ1v) is 10.3. The van der Waals surface area contributed by atoms with Crippen molar-refractivity contribution < 1.29 is 14.0 Å². The summed E-state index contributed by atoms with van der Waals surface area (Å²) < 4.78 is 12.9. The number of hydrogen-bond donors (Lipinski definition) is 2. The molecule has 0 unspecified atom stereocenters. The number of hydrogen-bond acceptors (Lipinski definition) is 6. The van der Waals surface area contributed by atoms with Crippen molar-refractivity contribution in [2.75, 3.05) is 11.1 Å². The van der Waals surface area contributed by atoms with E-state index in [-0.39, 0.29) is 11.8 Å². The van der Waals surface area contributed by atoms with E-state index in [0.29, 0.717) is 41.5 Å². The zero-order valence-electron chi connectivity index (χ0n) is 16.0. The van der Waals surface area contributed by atoms with Gasteiger partial charge in [-0.2, -0.15) is 0 Å². The minimum atomic E-state index is -0.404. The monoisotopic (exact) mass is 425 g/mol.